The van der Waals surface area contributed by atoms with Crippen molar-refractivity contribution in [2.75, 3.05) is 16.8 Å². The van der Waals surface area contributed by atoms with Crippen LogP contribution in [0.4, 0.5) is 29.7 Å². The van der Waals surface area contributed by atoms with Gasteiger partial charge in [-0.15, -0.1) is 11.3 Å². The van der Waals surface area contributed by atoms with Crippen LogP contribution in [0, 0.1) is 6.92 Å². The Hall–Kier alpha value is -3.66. The second-order valence-electron chi connectivity index (χ2n) is 6.97. The number of amides is 2. The summed E-state index contributed by atoms with van der Waals surface area (Å²) >= 11 is 1.23. The van der Waals surface area contributed by atoms with Crippen LogP contribution < -0.4 is 15.0 Å². The molecule has 0 aliphatic rings. The molecule has 0 saturated carbocycles. The second kappa shape index (κ2) is 10.3. The summed E-state index contributed by atoms with van der Waals surface area (Å²) in [6.07, 6.45) is -1.85. The largest absolute Gasteiger partial charge is 0.482 e. The van der Waals surface area contributed by atoms with Gasteiger partial charge in [-0.1, -0.05) is 24.3 Å². The maximum atomic E-state index is 12.5. The molecular weight excluding hydrogens is 455 g/mol. The van der Waals surface area contributed by atoms with E-state index in [-0.39, 0.29) is 17.3 Å². The van der Waals surface area contributed by atoms with Gasteiger partial charge in [0.15, 0.2) is 11.7 Å². The van der Waals surface area contributed by atoms with Crippen molar-refractivity contribution in [3.8, 4) is 5.75 Å². The number of hydrogen-bond donors (Lipinski definition) is 1. The Morgan fingerprint density at radius 3 is 2.58 bits per heavy atom. The molecular formula is C23H20F3N3O3S. The van der Waals surface area contributed by atoms with Crippen molar-refractivity contribution in [2.45, 2.75) is 20.0 Å². The Morgan fingerprint density at radius 1 is 1.18 bits per heavy atom. The fourth-order valence-electron chi connectivity index (χ4n) is 2.81. The highest BCUT2D eigenvalue weighted by atomic mass is 32.1. The summed E-state index contributed by atoms with van der Waals surface area (Å²) in [5.74, 6) is -0.865. The molecule has 2 aromatic carbocycles. The molecule has 3 aromatic rings. The zero-order valence-corrected chi connectivity index (χ0v) is 18.5. The van der Waals surface area contributed by atoms with Gasteiger partial charge in [-0.3, -0.25) is 14.5 Å². The molecule has 3 rings (SSSR count). The molecule has 33 heavy (non-hydrogen) atoms. The van der Waals surface area contributed by atoms with E-state index in [0.717, 1.165) is 0 Å². The Morgan fingerprint density at radius 2 is 1.91 bits per heavy atom. The summed E-state index contributed by atoms with van der Waals surface area (Å²) in [4.78, 5) is 30.3. The van der Waals surface area contributed by atoms with Crippen LogP contribution in [0.3, 0.4) is 0 Å². The number of carbonyl (C=O) groups is 2. The molecule has 0 aliphatic carbocycles. The number of nitrogens with one attached hydrogen (secondary N) is 1. The first-order chi connectivity index (χ1) is 15.6. The van der Waals surface area contributed by atoms with Crippen LogP contribution in [0.5, 0.6) is 5.75 Å². The predicted molar refractivity (Wildman–Crippen MR) is 122 cm³/mol. The minimum atomic E-state index is -4.50. The number of carbonyl (C=O) groups excluding carboxylic acids is 2. The molecule has 6 nitrogen and oxygen atoms in total. The van der Waals surface area contributed by atoms with Gasteiger partial charge in [0.25, 0.3) is 0 Å². The predicted octanol–water partition coefficient (Wildman–Crippen LogP) is 5.73. The van der Waals surface area contributed by atoms with E-state index in [9.17, 15) is 22.8 Å². The maximum absolute atomic E-state index is 12.5. The topological polar surface area (TPSA) is 71.5 Å². The van der Waals surface area contributed by atoms with Crippen LogP contribution in [0.15, 0.2) is 60.0 Å². The average Bonchev–Trinajstić information content (AvgIpc) is 3.21. The molecule has 2 amide bonds. The van der Waals surface area contributed by atoms with E-state index in [1.165, 1.54) is 47.4 Å². The summed E-state index contributed by atoms with van der Waals surface area (Å²) in [6, 6.07) is 13.5. The van der Waals surface area contributed by atoms with Gasteiger partial charge in [-0.25, -0.2) is 4.98 Å². The van der Waals surface area contributed by atoms with Crippen molar-refractivity contribution in [1.29, 1.82) is 0 Å². The van der Waals surface area contributed by atoms with Crippen molar-refractivity contribution < 1.29 is 27.5 Å². The molecule has 1 N–H and O–H groups in total. The van der Waals surface area contributed by atoms with E-state index >= 15 is 0 Å². The number of alkyl halides is 3. The third kappa shape index (κ3) is 6.91. The first-order valence-corrected chi connectivity index (χ1v) is 10.6. The van der Waals surface area contributed by atoms with E-state index < -0.39 is 18.7 Å². The van der Waals surface area contributed by atoms with E-state index in [4.69, 9.17) is 4.74 Å². The van der Waals surface area contributed by atoms with Crippen molar-refractivity contribution in [3.63, 3.8) is 0 Å². The van der Waals surface area contributed by atoms with E-state index in [2.05, 4.69) is 10.3 Å². The highest BCUT2D eigenvalue weighted by Gasteiger charge is 2.29. The Bertz CT molecular complexity index is 1160. The molecule has 1 heterocycles. The Balaban J connectivity index is 1.71. The number of hydrogen-bond acceptors (Lipinski definition) is 5. The minimum Gasteiger partial charge on any atom is -0.482 e. The number of nitrogens with zero attached hydrogens (tertiary/aromatic N) is 2. The van der Waals surface area contributed by atoms with Crippen LogP contribution in [-0.4, -0.2) is 29.6 Å². The average molecular weight is 475 g/mol. The van der Waals surface area contributed by atoms with E-state index in [1.54, 1.807) is 30.5 Å². The first kappa shape index (κ1) is 24.0. The number of halogens is 3. The first-order valence-electron chi connectivity index (χ1n) is 9.73. The molecule has 0 spiro atoms. The molecule has 1 aromatic heterocycles. The number of ether oxygens (including phenoxy) is 1. The second-order valence-corrected chi connectivity index (χ2v) is 7.81. The lowest BCUT2D eigenvalue weighted by molar-refractivity contribution is -0.153. The Labute approximate surface area is 192 Å². The van der Waals surface area contributed by atoms with E-state index in [0.29, 0.717) is 22.1 Å². The van der Waals surface area contributed by atoms with Crippen molar-refractivity contribution in [1.82, 2.24) is 4.98 Å². The molecule has 0 saturated heterocycles. The monoisotopic (exact) mass is 475 g/mol. The summed E-state index contributed by atoms with van der Waals surface area (Å²) in [5.41, 5.74) is 1.91. The number of rotatable bonds is 7. The molecule has 0 fully saturated rings. The van der Waals surface area contributed by atoms with Crippen LogP contribution in [0.1, 0.15) is 18.2 Å². The molecule has 0 radical (unpaired) electrons. The third-order valence-corrected chi connectivity index (χ3v) is 5.07. The summed E-state index contributed by atoms with van der Waals surface area (Å²) < 4.78 is 42.4. The van der Waals surface area contributed by atoms with Crippen molar-refractivity contribution in [2.24, 2.45) is 0 Å². The summed E-state index contributed by atoms with van der Waals surface area (Å²) in [7, 11) is 0. The lowest BCUT2D eigenvalue weighted by Crippen LogP contribution is -2.22. The number of para-hydroxylation sites is 1. The van der Waals surface area contributed by atoms with Crippen LogP contribution in [0.2, 0.25) is 0 Å². The van der Waals surface area contributed by atoms with Crippen LogP contribution >= 0.6 is 11.3 Å². The van der Waals surface area contributed by atoms with Crippen molar-refractivity contribution >= 4 is 45.7 Å². The van der Waals surface area contributed by atoms with E-state index in [1.807, 2.05) is 18.2 Å². The number of benzene rings is 2. The standard InChI is InChI=1S/C23H20F3N3O3S/c1-15-8-10-19(20(12-15)32-14-23(24,25)26)28-21(31)11-9-17-13-33-22(27-17)29(16(2)30)18-6-4-3-5-7-18/h3-13H,14H2,1-2H3,(H,28,31). The third-order valence-electron chi connectivity index (χ3n) is 4.22. The fourth-order valence-corrected chi connectivity index (χ4v) is 3.66. The number of aromatic nitrogens is 1. The number of thiazole rings is 1. The Kier molecular flexibility index (Phi) is 7.49. The fraction of sp³-hybridized carbons (Fsp3) is 0.174. The summed E-state index contributed by atoms with van der Waals surface area (Å²) in [5, 5.41) is 4.63. The normalized spacial score (nSPS) is 11.4. The highest BCUT2D eigenvalue weighted by Crippen LogP contribution is 2.30. The van der Waals surface area contributed by atoms with Gasteiger partial charge in [-0.2, -0.15) is 13.2 Å². The maximum Gasteiger partial charge on any atom is 0.422 e. The number of anilines is 3. The quantitative estimate of drug-likeness (QED) is 0.443. The molecule has 0 aliphatic heterocycles. The SMILES string of the molecule is CC(=O)N(c1ccccc1)c1nc(C=CC(=O)Nc2ccc(C)cc2OCC(F)(F)F)cs1. The molecule has 0 bridgehead atoms. The molecule has 172 valence electrons. The minimum absolute atomic E-state index is 0.0787. The van der Waals surface area contributed by atoms with Gasteiger partial charge < -0.3 is 10.1 Å². The van der Waals surface area contributed by atoms with Gasteiger partial charge in [0.1, 0.15) is 5.75 Å². The van der Waals surface area contributed by atoms with Gasteiger partial charge >= 0.3 is 6.18 Å². The van der Waals surface area contributed by atoms with Gasteiger partial charge in [0.2, 0.25) is 11.8 Å². The van der Waals surface area contributed by atoms with Gasteiger partial charge in [-0.05, 0) is 42.8 Å². The number of aryl methyl sites for hydroxylation is 1. The van der Waals surface area contributed by atoms with Gasteiger partial charge in [0.05, 0.1) is 17.1 Å². The molecule has 0 atom stereocenters. The molecule has 10 heteroatoms. The lowest BCUT2D eigenvalue weighted by atomic mass is 10.2. The highest BCUT2D eigenvalue weighted by molar-refractivity contribution is 7.14. The lowest BCUT2D eigenvalue weighted by Gasteiger charge is -2.17. The van der Waals surface area contributed by atoms with Crippen molar-refractivity contribution in [3.05, 3.63) is 71.2 Å². The zero-order chi connectivity index (χ0) is 24.0. The summed E-state index contributed by atoms with van der Waals surface area (Å²) in [6.45, 7) is 1.66. The molecule has 0 unspecified atom stereocenters. The zero-order valence-electron chi connectivity index (χ0n) is 17.7. The smallest absolute Gasteiger partial charge is 0.422 e. The van der Waals surface area contributed by atoms with Gasteiger partial charge in [0, 0.05) is 18.4 Å². The van der Waals surface area contributed by atoms with Crippen LogP contribution in [-0.2, 0) is 9.59 Å². The van der Waals surface area contributed by atoms with Crippen LogP contribution in [0.25, 0.3) is 6.08 Å².